The van der Waals surface area contributed by atoms with E-state index in [2.05, 4.69) is 10.1 Å². The summed E-state index contributed by atoms with van der Waals surface area (Å²) in [6, 6.07) is 8.70. The van der Waals surface area contributed by atoms with Crippen LogP contribution in [0.3, 0.4) is 0 Å². The molecular formula is C25H26F6N2O4S. The Balaban J connectivity index is 1.74. The number of carboxylic acid groups (broad SMARTS) is 1. The maximum atomic E-state index is 13.1. The van der Waals surface area contributed by atoms with Gasteiger partial charge in [-0.3, -0.25) is 4.79 Å². The Kier molecular flexibility index (Phi) is 8.79. The number of carbonyl (C=O) groups excluding carboxylic acids is 1. The van der Waals surface area contributed by atoms with Crippen molar-refractivity contribution in [2.45, 2.75) is 67.8 Å². The molecule has 38 heavy (non-hydrogen) atoms. The number of amides is 2. The molecule has 2 N–H and O–H groups in total. The second-order valence-electron chi connectivity index (χ2n) is 9.32. The molecule has 6 nitrogen and oxygen atoms in total. The zero-order valence-electron chi connectivity index (χ0n) is 20.4. The molecule has 0 aromatic heterocycles. The van der Waals surface area contributed by atoms with Gasteiger partial charge in [-0.25, -0.2) is 4.79 Å². The van der Waals surface area contributed by atoms with Crippen LogP contribution in [0.1, 0.15) is 37.8 Å². The number of alkyl halides is 6. The van der Waals surface area contributed by atoms with E-state index in [9.17, 15) is 41.0 Å². The monoisotopic (exact) mass is 564 g/mol. The summed E-state index contributed by atoms with van der Waals surface area (Å²) in [7, 11) is 0. The molecule has 208 valence electrons. The summed E-state index contributed by atoms with van der Waals surface area (Å²) in [6.45, 7) is 2.96. The van der Waals surface area contributed by atoms with Crippen LogP contribution in [0.25, 0.3) is 0 Å². The van der Waals surface area contributed by atoms with Gasteiger partial charge in [0.1, 0.15) is 10.5 Å². The quantitative estimate of drug-likeness (QED) is 0.256. The third-order valence-corrected chi connectivity index (χ3v) is 7.05. The van der Waals surface area contributed by atoms with Gasteiger partial charge in [0.2, 0.25) is 0 Å². The number of thioether (sulfide) groups is 1. The molecule has 2 aromatic rings. The summed E-state index contributed by atoms with van der Waals surface area (Å²) in [5.41, 5.74) is 1.91. The number of hydrogen-bond acceptors (Lipinski definition) is 4. The van der Waals surface area contributed by atoms with E-state index in [1.54, 1.807) is 19.9 Å². The van der Waals surface area contributed by atoms with Crippen LogP contribution in [-0.2, 0) is 17.6 Å². The highest BCUT2D eigenvalue weighted by Gasteiger charge is 2.34. The first-order valence-corrected chi connectivity index (χ1v) is 12.4. The van der Waals surface area contributed by atoms with E-state index in [0.717, 1.165) is 35.0 Å². The maximum Gasteiger partial charge on any atom is 0.573 e. The number of nitrogens with zero attached hydrogens (tertiary/aromatic N) is 1. The van der Waals surface area contributed by atoms with E-state index < -0.39 is 47.5 Å². The topological polar surface area (TPSA) is 78.9 Å². The van der Waals surface area contributed by atoms with Gasteiger partial charge < -0.3 is 20.1 Å². The Labute approximate surface area is 219 Å². The van der Waals surface area contributed by atoms with Gasteiger partial charge in [-0.05, 0) is 80.6 Å². The molecule has 0 fully saturated rings. The predicted molar refractivity (Wildman–Crippen MR) is 129 cm³/mol. The van der Waals surface area contributed by atoms with Crippen LogP contribution in [0.15, 0.2) is 47.4 Å². The smallest absolute Gasteiger partial charge is 0.480 e. The van der Waals surface area contributed by atoms with Gasteiger partial charge in [-0.2, -0.15) is 13.2 Å². The van der Waals surface area contributed by atoms with E-state index in [1.807, 2.05) is 12.1 Å². The van der Waals surface area contributed by atoms with Crippen molar-refractivity contribution in [2.75, 3.05) is 11.9 Å². The van der Waals surface area contributed by atoms with Gasteiger partial charge in [0, 0.05) is 29.6 Å². The van der Waals surface area contributed by atoms with E-state index in [-0.39, 0.29) is 18.7 Å². The van der Waals surface area contributed by atoms with Crippen molar-refractivity contribution in [1.82, 2.24) is 4.90 Å². The predicted octanol–water partition coefficient (Wildman–Crippen LogP) is 6.88. The fourth-order valence-corrected chi connectivity index (χ4v) is 5.04. The van der Waals surface area contributed by atoms with Crippen LogP contribution in [-0.4, -0.2) is 51.9 Å². The number of hydrogen-bond donors (Lipinski definition) is 2. The van der Waals surface area contributed by atoms with Crippen LogP contribution in [0.5, 0.6) is 5.75 Å². The number of halogens is 6. The standard InChI is InChI=1S/C25H26F6N2O4S/c1-23(2,21(34)35)38-20-9-4-15-12-18(13-16(15)14-20)33(11-3-10-24(26,27)28)22(36)32-17-5-7-19(8-6-17)37-25(29,30)31/h4-9,14,18H,3,10-13H2,1-2H3,(H,32,36)(H,34,35). The molecule has 0 radical (unpaired) electrons. The van der Waals surface area contributed by atoms with Crippen molar-refractivity contribution < 1.29 is 45.8 Å². The Hall–Kier alpha value is -3.09. The Morgan fingerprint density at radius 2 is 1.66 bits per heavy atom. The number of benzene rings is 2. The van der Waals surface area contributed by atoms with Gasteiger partial charge in [-0.1, -0.05) is 6.07 Å². The van der Waals surface area contributed by atoms with Gasteiger partial charge in [-0.15, -0.1) is 24.9 Å². The van der Waals surface area contributed by atoms with Crippen LogP contribution in [0.4, 0.5) is 36.8 Å². The molecule has 2 aromatic carbocycles. The first-order valence-electron chi connectivity index (χ1n) is 11.6. The Morgan fingerprint density at radius 1 is 1.03 bits per heavy atom. The Bertz CT molecular complexity index is 1150. The molecule has 0 spiro atoms. The normalized spacial score (nSPS) is 15.6. The third kappa shape index (κ3) is 8.47. The van der Waals surface area contributed by atoms with Crippen LogP contribution >= 0.6 is 11.8 Å². The second-order valence-corrected chi connectivity index (χ2v) is 11.0. The lowest BCUT2D eigenvalue weighted by Gasteiger charge is -2.29. The summed E-state index contributed by atoms with van der Waals surface area (Å²) >= 11 is 1.16. The average Bonchev–Trinajstić information content (AvgIpc) is 3.18. The van der Waals surface area contributed by atoms with Crippen molar-refractivity contribution in [1.29, 1.82) is 0 Å². The highest BCUT2D eigenvalue weighted by atomic mass is 32.2. The summed E-state index contributed by atoms with van der Waals surface area (Å²) in [6.07, 6.45) is -9.92. The second kappa shape index (κ2) is 11.3. The van der Waals surface area contributed by atoms with Crippen molar-refractivity contribution in [3.63, 3.8) is 0 Å². The molecule has 1 atom stereocenters. The number of rotatable bonds is 9. The number of carbonyl (C=O) groups is 2. The average molecular weight is 565 g/mol. The molecule has 1 unspecified atom stereocenters. The Morgan fingerprint density at radius 3 is 2.24 bits per heavy atom. The molecule has 1 aliphatic carbocycles. The van der Waals surface area contributed by atoms with E-state index in [1.165, 1.54) is 17.0 Å². The third-order valence-electron chi connectivity index (χ3n) is 5.88. The van der Waals surface area contributed by atoms with Crippen molar-refractivity contribution >= 4 is 29.4 Å². The van der Waals surface area contributed by atoms with Crippen LogP contribution in [0, 0.1) is 0 Å². The molecule has 13 heteroatoms. The van der Waals surface area contributed by atoms with Crippen molar-refractivity contribution in [2.24, 2.45) is 0 Å². The summed E-state index contributed by atoms with van der Waals surface area (Å²) < 4.78 is 78.2. The zero-order chi connectivity index (χ0) is 28.3. The van der Waals surface area contributed by atoms with Crippen LogP contribution < -0.4 is 10.1 Å². The highest BCUT2D eigenvalue weighted by Crippen LogP contribution is 2.36. The maximum absolute atomic E-state index is 13.1. The fraction of sp³-hybridized carbons (Fsp3) is 0.440. The number of anilines is 1. The van der Waals surface area contributed by atoms with E-state index >= 15 is 0 Å². The minimum Gasteiger partial charge on any atom is -0.480 e. The number of ether oxygens (including phenoxy) is 1. The molecule has 0 heterocycles. The van der Waals surface area contributed by atoms with Crippen molar-refractivity contribution in [3.05, 3.63) is 53.6 Å². The molecule has 1 aliphatic rings. The number of fused-ring (bicyclic) bond motifs is 1. The number of carboxylic acids is 1. The number of aliphatic carboxylic acids is 1. The first-order chi connectivity index (χ1) is 17.5. The van der Waals surface area contributed by atoms with E-state index in [4.69, 9.17) is 0 Å². The van der Waals surface area contributed by atoms with E-state index in [0.29, 0.717) is 17.7 Å². The lowest BCUT2D eigenvalue weighted by molar-refractivity contribution is -0.274. The molecule has 3 rings (SSSR count). The van der Waals surface area contributed by atoms with Crippen molar-refractivity contribution in [3.8, 4) is 5.75 Å². The van der Waals surface area contributed by atoms with Gasteiger partial charge in [0.25, 0.3) is 0 Å². The van der Waals surface area contributed by atoms with Gasteiger partial charge >= 0.3 is 24.5 Å². The van der Waals surface area contributed by atoms with Gasteiger partial charge in [0.05, 0.1) is 0 Å². The SMILES string of the molecule is CC(C)(Sc1ccc2c(c1)CC(N(CCCC(F)(F)F)C(=O)Nc1ccc(OC(F)(F)F)cc1)C2)C(=O)O. The summed E-state index contributed by atoms with van der Waals surface area (Å²) in [5, 5.41) is 11.9. The minimum atomic E-state index is -4.88. The molecule has 0 saturated heterocycles. The summed E-state index contributed by atoms with van der Waals surface area (Å²) in [4.78, 5) is 26.6. The lowest BCUT2D eigenvalue weighted by atomic mass is 10.1. The van der Waals surface area contributed by atoms with Gasteiger partial charge in [0.15, 0.2) is 0 Å². The first kappa shape index (κ1) is 29.5. The number of urea groups is 1. The van der Waals surface area contributed by atoms with Crippen LogP contribution in [0.2, 0.25) is 0 Å². The zero-order valence-corrected chi connectivity index (χ0v) is 21.3. The molecule has 0 aliphatic heterocycles. The number of nitrogens with one attached hydrogen (secondary N) is 1. The minimum absolute atomic E-state index is 0.149. The molecule has 0 saturated carbocycles. The largest absolute Gasteiger partial charge is 0.573 e. The molecule has 0 bridgehead atoms. The molecular weight excluding hydrogens is 538 g/mol. The summed E-state index contributed by atoms with van der Waals surface area (Å²) in [5.74, 6) is -1.46. The molecule has 2 amide bonds. The lowest BCUT2D eigenvalue weighted by Crippen LogP contribution is -2.44. The fourth-order valence-electron chi connectivity index (χ4n) is 4.03. The highest BCUT2D eigenvalue weighted by molar-refractivity contribution is 8.01.